The van der Waals surface area contributed by atoms with Gasteiger partial charge in [0.1, 0.15) is 18.1 Å². The van der Waals surface area contributed by atoms with E-state index in [1.54, 1.807) is 30.5 Å². The average Bonchev–Trinajstić information content (AvgIpc) is 3.55. The third-order valence-corrected chi connectivity index (χ3v) is 6.08. The Bertz CT molecular complexity index is 1040. The van der Waals surface area contributed by atoms with Gasteiger partial charge in [0, 0.05) is 22.7 Å². The van der Waals surface area contributed by atoms with Crippen LogP contribution in [-0.4, -0.2) is 43.4 Å². The van der Waals surface area contributed by atoms with Crippen LogP contribution in [0.25, 0.3) is 0 Å². The zero-order valence-corrected chi connectivity index (χ0v) is 17.9. The summed E-state index contributed by atoms with van der Waals surface area (Å²) in [4.78, 5) is 28.1. The molecule has 0 spiro atoms. The maximum Gasteiger partial charge on any atom is 0.327 e. The smallest absolute Gasteiger partial charge is 0.327 e. The van der Waals surface area contributed by atoms with Gasteiger partial charge in [-0.3, -0.25) is 14.6 Å². The molecule has 2 aromatic carbocycles. The lowest BCUT2D eigenvalue weighted by atomic mass is 10.2. The minimum Gasteiger partial charge on any atom is -0.484 e. The van der Waals surface area contributed by atoms with Crippen molar-refractivity contribution in [2.45, 2.75) is 18.4 Å². The summed E-state index contributed by atoms with van der Waals surface area (Å²) in [6, 6.07) is 11.1. The minimum absolute atomic E-state index is 0.0124. The molecule has 162 valence electrons. The Kier molecular flexibility index (Phi) is 5.90. The monoisotopic (exact) mass is 464 g/mol. The quantitative estimate of drug-likeness (QED) is 0.451. The summed E-state index contributed by atoms with van der Waals surface area (Å²) in [7, 11) is 0. The highest BCUT2D eigenvalue weighted by molar-refractivity contribution is 6.31. The van der Waals surface area contributed by atoms with Gasteiger partial charge < -0.3 is 14.8 Å². The molecule has 1 amide bonds. The van der Waals surface area contributed by atoms with Gasteiger partial charge in [0.2, 0.25) is 0 Å². The second-order valence-electron chi connectivity index (χ2n) is 7.81. The molecule has 6 nitrogen and oxygen atoms in total. The number of fused-ring (bicyclic) bond motifs is 1. The molecular formula is C22H19Cl2FN2O4. The zero-order chi connectivity index (χ0) is 22.1. The van der Waals surface area contributed by atoms with Crippen molar-refractivity contribution in [2.24, 2.45) is 10.4 Å². The second kappa shape index (κ2) is 8.48. The number of halogens is 3. The van der Waals surface area contributed by atoms with Gasteiger partial charge in [-0.05, 0) is 42.7 Å². The van der Waals surface area contributed by atoms with Crippen molar-refractivity contribution in [3.8, 4) is 5.75 Å². The Morgan fingerprint density at radius 2 is 1.90 bits per heavy atom. The molecule has 2 aromatic rings. The first-order valence-electron chi connectivity index (χ1n) is 9.61. The Morgan fingerprint density at radius 1 is 1.16 bits per heavy atom. The molecule has 0 atom stereocenters. The van der Waals surface area contributed by atoms with E-state index in [1.165, 1.54) is 12.1 Å². The van der Waals surface area contributed by atoms with E-state index in [9.17, 15) is 14.0 Å². The van der Waals surface area contributed by atoms with E-state index in [1.807, 2.05) is 0 Å². The van der Waals surface area contributed by atoms with E-state index in [4.69, 9.17) is 32.7 Å². The van der Waals surface area contributed by atoms with Gasteiger partial charge >= 0.3 is 5.97 Å². The molecule has 9 heteroatoms. The summed E-state index contributed by atoms with van der Waals surface area (Å²) in [5.74, 6) is -1.12. The standard InChI is InChI=1S/C22H19Cl2FN2O4/c23-15-3-1-14(2-4-15)8-26-9-20(29)31-13-21-11-22(21,12-21)27-19(28)10-30-16-5-6-17(24)18(25)7-16/h1-8H,9-13H2,(H,27,28). The maximum absolute atomic E-state index is 13.4. The first kappa shape index (κ1) is 21.6. The minimum atomic E-state index is -0.610. The van der Waals surface area contributed by atoms with E-state index in [0.29, 0.717) is 5.02 Å². The maximum atomic E-state index is 13.4. The molecule has 31 heavy (non-hydrogen) atoms. The Morgan fingerprint density at radius 3 is 2.61 bits per heavy atom. The van der Waals surface area contributed by atoms with Crippen LogP contribution in [0.1, 0.15) is 18.4 Å². The number of ether oxygens (including phenoxy) is 2. The van der Waals surface area contributed by atoms with Crippen LogP contribution in [0.5, 0.6) is 5.75 Å². The van der Waals surface area contributed by atoms with Gasteiger partial charge in [0.05, 0.1) is 17.2 Å². The van der Waals surface area contributed by atoms with Crippen molar-refractivity contribution < 1.29 is 23.5 Å². The molecule has 0 bridgehead atoms. The van der Waals surface area contributed by atoms with E-state index in [2.05, 4.69) is 10.3 Å². The van der Waals surface area contributed by atoms with Crippen molar-refractivity contribution in [1.82, 2.24) is 5.32 Å². The number of nitrogens with one attached hydrogen (secondary N) is 1. The zero-order valence-electron chi connectivity index (χ0n) is 16.4. The molecule has 0 saturated heterocycles. The summed E-state index contributed by atoms with van der Waals surface area (Å²) >= 11 is 11.4. The topological polar surface area (TPSA) is 77.0 Å². The SMILES string of the molecule is O=C(COc1ccc(Cl)c(F)c1)NC12CC1(COC(=O)CN=Cc1ccc(Cl)cc1)C2. The van der Waals surface area contributed by atoms with Crippen molar-refractivity contribution in [2.75, 3.05) is 19.8 Å². The van der Waals surface area contributed by atoms with E-state index >= 15 is 0 Å². The van der Waals surface area contributed by atoms with E-state index in [-0.39, 0.29) is 47.4 Å². The molecule has 4 rings (SSSR count). The van der Waals surface area contributed by atoms with Crippen LogP contribution >= 0.6 is 23.2 Å². The Balaban J connectivity index is 1.16. The largest absolute Gasteiger partial charge is 0.484 e. The summed E-state index contributed by atoms with van der Waals surface area (Å²) in [5, 5.41) is 3.54. The van der Waals surface area contributed by atoms with Gasteiger partial charge in [0.15, 0.2) is 6.61 Å². The van der Waals surface area contributed by atoms with Crippen LogP contribution in [0, 0.1) is 11.2 Å². The molecule has 1 N–H and O–H groups in total. The van der Waals surface area contributed by atoms with Gasteiger partial charge in [-0.2, -0.15) is 0 Å². The number of amides is 1. The number of carbonyl (C=O) groups is 2. The van der Waals surface area contributed by atoms with Crippen LogP contribution in [0.2, 0.25) is 10.0 Å². The number of hydrogen-bond acceptors (Lipinski definition) is 5. The highest BCUT2D eigenvalue weighted by atomic mass is 35.5. The number of nitrogens with zero attached hydrogens (tertiary/aromatic N) is 1. The first-order chi connectivity index (χ1) is 14.8. The highest BCUT2D eigenvalue weighted by Crippen LogP contribution is 2.78. The molecular weight excluding hydrogens is 446 g/mol. The number of aliphatic imine (C=N–C) groups is 1. The predicted molar refractivity (Wildman–Crippen MR) is 114 cm³/mol. The number of carbonyl (C=O) groups excluding carboxylic acids is 2. The van der Waals surface area contributed by atoms with Crippen LogP contribution in [0.3, 0.4) is 0 Å². The lowest BCUT2D eigenvalue weighted by Gasteiger charge is -2.09. The van der Waals surface area contributed by atoms with Crippen molar-refractivity contribution in [1.29, 1.82) is 0 Å². The summed E-state index contributed by atoms with van der Waals surface area (Å²) in [6.07, 6.45) is 3.09. The molecule has 2 aliphatic rings. The molecule has 2 fully saturated rings. The fourth-order valence-corrected chi connectivity index (χ4v) is 3.78. The van der Waals surface area contributed by atoms with E-state index < -0.39 is 11.8 Å². The van der Waals surface area contributed by atoms with Crippen molar-refractivity contribution in [3.63, 3.8) is 0 Å². The number of hydrogen-bond donors (Lipinski definition) is 1. The van der Waals surface area contributed by atoms with Crippen LogP contribution in [-0.2, 0) is 14.3 Å². The second-order valence-corrected chi connectivity index (χ2v) is 8.65. The lowest BCUT2D eigenvalue weighted by Crippen LogP contribution is -2.34. The van der Waals surface area contributed by atoms with Gasteiger partial charge in [-0.15, -0.1) is 0 Å². The van der Waals surface area contributed by atoms with Crippen LogP contribution in [0.15, 0.2) is 47.5 Å². The molecule has 0 aliphatic heterocycles. The summed E-state index contributed by atoms with van der Waals surface area (Å²) in [6.45, 7) is -0.0759. The molecule has 0 heterocycles. The fourth-order valence-electron chi connectivity index (χ4n) is 3.53. The van der Waals surface area contributed by atoms with Crippen LogP contribution in [0.4, 0.5) is 4.39 Å². The lowest BCUT2D eigenvalue weighted by molar-refractivity contribution is -0.142. The van der Waals surface area contributed by atoms with Crippen LogP contribution < -0.4 is 10.1 Å². The van der Waals surface area contributed by atoms with Crippen molar-refractivity contribution >= 4 is 41.3 Å². The normalized spacial score (nSPS) is 23.2. The molecule has 0 radical (unpaired) electrons. The van der Waals surface area contributed by atoms with Gasteiger partial charge in [-0.1, -0.05) is 35.3 Å². The van der Waals surface area contributed by atoms with Gasteiger partial charge in [-0.25, -0.2) is 4.39 Å². The first-order valence-corrected chi connectivity index (χ1v) is 10.4. The Labute approximate surface area is 188 Å². The van der Waals surface area contributed by atoms with Crippen molar-refractivity contribution in [3.05, 3.63) is 63.9 Å². The van der Waals surface area contributed by atoms with Gasteiger partial charge in [0.25, 0.3) is 5.91 Å². The number of benzene rings is 2. The molecule has 0 aromatic heterocycles. The fraction of sp³-hybridized carbons (Fsp3) is 0.318. The third kappa shape index (κ3) is 4.99. The summed E-state index contributed by atoms with van der Waals surface area (Å²) < 4.78 is 24.0. The molecule has 0 unspecified atom stereocenters. The Hall–Kier alpha value is -2.64. The average molecular weight is 465 g/mol. The third-order valence-electron chi connectivity index (χ3n) is 5.53. The molecule has 2 aliphatic carbocycles. The molecule has 2 saturated carbocycles. The number of esters is 1. The summed E-state index contributed by atoms with van der Waals surface area (Å²) in [5.41, 5.74) is 0.321. The number of rotatable bonds is 9. The van der Waals surface area contributed by atoms with E-state index in [0.717, 1.165) is 24.5 Å². The highest BCUT2D eigenvalue weighted by Gasteiger charge is 2.84. The predicted octanol–water partition coefficient (Wildman–Crippen LogP) is 3.82.